The molecule has 0 aliphatic carbocycles. The zero-order valence-corrected chi connectivity index (χ0v) is 12.2. The van der Waals surface area contributed by atoms with Gasteiger partial charge in [0.25, 0.3) is 0 Å². The highest BCUT2D eigenvalue weighted by molar-refractivity contribution is 9.10. The molecule has 92 valence electrons. The van der Waals surface area contributed by atoms with Crippen LogP contribution in [-0.4, -0.2) is 20.1 Å². The third-order valence-electron chi connectivity index (χ3n) is 2.71. The second-order valence-corrected chi connectivity index (χ2v) is 4.96. The summed E-state index contributed by atoms with van der Waals surface area (Å²) in [4.78, 5) is 2.09. The molecule has 1 N–H and O–H groups in total. The van der Waals surface area contributed by atoms with Gasteiger partial charge in [0.1, 0.15) is 0 Å². The summed E-state index contributed by atoms with van der Waals surface area (Å²) in [7, 11) is 2.02. The number of hydrogen-bond donors (Lipinski definition) is 1. The smallest absolute Gasteiger partial charge is 0.0788 e. The number of terminal acetylenes is 1. The zero-order chi connectivity index (χ0) is 12.8. The molecule has 0 aliphatic heterocycles. The van der Waals surface area contributed by atoms with Crippen molar-refractivity contribution in [2.45, 2.75) is 19.9 Å². The first-order valence-electron chi connectivity index (χ1n) is 5.77. The van der Waals surface area contributed by atoms with Gasteiger partial charge in [-0.1, -0.05) is 28.8 Å². The molecule has 0 heterocycles. The van der Waals surface area contributed by atoms with Gasteiger partial charge in [-0.2, -0.15) is 0 Å². The third kappa shape index (κ3) is 3.76. The van der Waals surface area contributed by atoms with E-state index in [4.69, 9.17) is 6.42 Å². The molecule has 1 aromatic rings. The molecular weight excluding hydrogens is 276 g/mol. The number of hydrogen-bond acceptors (Lipinski definition) is 2. The Morgan fingerprint density at radius 1 is 1.53 bits per heavy atom. The van der Waals surface area contributed by atoms with E-state index in [9.17, 15) is 0 Å². The van der Waals surface area contributed by atoms with Crippen molar-refractivity contribution in [2.75, 3.05) is 25.0 Å². The summed E-state index contributed by atoms with van der Waals surface area (Å²) in [6.07, 6.45) is 5.36. The lowest BCUT2D eigenvalue weighted by molar-refractivity contribution is 0.597. The molecule has 0 aromatic heterocycles. The molecular formula is C14H19BrN2. The maximum atomic E-state index is 5.36. The van der Waals surface area contributed by atoms with E-state index in [0.29, 0.717) is 12.6 Å². The van der Waals surface area contributed by atoms with Crippen molar-refractivity contribution < 1.29 is 0 Å². The van der Waals surface area contributed by atoms with Crippen LogP contribution in [0.2, 0.25) is 0 Å². The van der Waals surface area contributed by atoms with Crippen LogP contribution in [0.4, 0.5) is 5.69 Å². The summed E-state index contributed by atoms with van der Waals surface area (Å²) < 4.78 is 1.09. The van der Waals surface area contributed by atoms with E-state index < -0.39 is 0 Å². The van der Waals surface area contributed by atoms with Crippen molar-refractivity contribution in [1.29, 1.82) is 0 Å². The fourth-order valence-corrected chi connectivity index (χ4v) is 2.24. The summed E-state index contributed by atoms with van der Waals surface area (Å²) in [6, 6.07) is 6.61. The maximum Gasteiger partial charge on any atom is 0.0788 e. The lowest BCUT2D eigenvalue weighted by atomic mass is 10.1. The highest BCUT2D eigenvalue weighted by atomic mass is 79.9. The number of nitrogens with one attached hydrogen (secondary N) is 1. The van der Waals surface area contributed by atoms with Gasteiger partial charge in [-0.25, -0.2) is 0 Å². The van der Waals surface area contributed by atoms with Crippen LogP contribution in [-0.2, 0) is 0 Å². The number of halogens is 1. The predicted octanol–water partition coefficient (Wildman–Crippen LogP) is 3.19. The highest BCUT2D eigenvalue weighted by Crippen LogP contribution is 2.28. The Morgan fingerprint density at radius 3 is 2.82 bits per heavy atom. The van der Waals surface area contributed by atoms with E-state index in [1.54, 1.807) is 0 Å². The SMILES string of the molecule is C#CCN(C)c1ccc(Br)cc1C(C)NCC. The van der Waals surface area contributed by atoms with Crippen molar-refractivity contribution >= 4 is 21.6 Å². The van der Waals surface area contributed by atoms with Gasteiger partial charge in [-0.15, -0.1) is 6.42 Å². The summed E-state index contributed by atoms with van der Waals surface area (Å²) in [5, 5.41) is 3.43. The van der Waals surface area contributed by atoms with Crippen molar-refractivity contribution in [2.24, 2.45) is 0 Å². The Balaban J connectivity index is 3.07. The highest BCUT2D eigenvalue weighted by Gasteiger charge is 2.12. The monoisotopic (exact) mass is 294 g/mol. The van der Waals surface area contributed by atoms with E-state index in [1.165, 1.54) is 11.3 Å². The fraction of sp³-hybridized carbons (Fsp3) is 0.429. The van der Waals surface area contributed by atoms with Gasteiger partial charge >= 0.3 is 0 Å². The van der Waals surface area contributed by atoms with Crippen LogP contribution in [0.15, 0.2) is 22.7 Å². The average molecular weight is 295 g/mol. The standard InChI is InChI=1S/C14H19BrN2/c1-5-9-17(4)14-8-7-12(15)10-13(14)11(3)16-6-2/h1,7-8,10-11,16H,6,9H2,2-4H3. The average Bonchev–Trinajstić information content (AvgIpc) is 2.29. The third-order valence-corrected chi connectivity index (χ3v) is 3.20. The topological polar surface area (TPSA) is 15.3 Å². The number of benzene rings is 1. The van der Waals surface area contributed by atoms with Gasteiger partial charge in [0, 0.05) is 23.2 Å². The van der Waals surface area contributed by atoms with E-state index in [1.807, 2.05) is 13.1 Å². The van der Waals surface area contributed by atoms with Crippen LogP contribution in [0.25, 0.3) is 0 Å². The van der Waals surface area contributed by atoms with Crippen molar-refractivity contribution in [3.05, 3.63) is 28.2 Å². The van der Waals surface area contributed by atoms with Gasteiger partial charge in [-0.3, -0.25) is 0 Å². The molecule has 0 amide bonds. The minimum atomic E-state index is 0.313. The van der Waals surface area contributed by atoms with Gasteiger partial charge in [0.2, 0.25) is 0 Å². The normalized spacial score (nSPS) is 11.9. The summed E-state index contributed by atoms with van der Waals surface area (Å²) in [5.41, 5.74) is 2.44. The molecule has 0 fully saturated rings. The van der Waals surface area contributed by atoms with Gasteiger partial charge < -0.3 is 10.2 Å². The first kappa shape index (κ1) is 14.1. The Bertz CT molecular complexity index is 409. The van der Waals surface area contributed by atoms with Crippen molar-refractivity contribution in [3.8, 4) is 12.3 Å². The van der Waals surface area contributed by atoms with Crippen molar-refractivity contribution in [3.63, 3.8) is 0 Å². The molecule has 0 spiro atoms. The molecule has 0 aliphatic rings. The molecule has 0 bridgehead atoms. The van der Waals surface area contributed by atoms with E-state index >= 15 is 0 Å². The van der Waals surface area contributed by atoms with E-state index in [-0.39, 0.29) is 0 Å². The first-order chi connectivity index (χ1) is 8.10. The molecule has 2 nitrogen and oxygen atoms in total. The molecule has 0 saturated heterocycles. The van der Waals surface area contributed by atoms with Gasteiger partial charge in [0.05, 0.1) is 6.54 Å². The fourth-order valence-electron chi connectivity index (χ4n) is 1.86. The lowest BCUT2D eigenvalue weighted by Crippen LogP contribution is -2.23. The summed E-state index contributed by atoms with van der Waals surface area (Å²) in [6.45, 7) is 5.84. The van der Waals surface area contributed by atoms with Gasteiger partial charge in [-0.05, 0) is 37.2 Å². The van der Waals surface area contributed by atoms with Crippen molar-refractivity contribution in [1.82, 2.24) is 5.32 Å². The first-order valence-corrected chi connectivity index (χ1v) is 6.56. The molecule has 1 rings (SSSR count). The van der Waals surface area contributed by atoms with Crippen LogP contribution in [0.3, 0.4) is 0 Å². The molecule has 1 unspecified atom stereocenters. The molecule has 0 radical (unpaired) electrons. The molecule has 1 aromatic carbocycles. The van der Waals surface area contributed by atoms with Crippen LogP contribution in [0.5, 0.6) is 0 Å². The molecule has 3 heteroatoms. The maximum absolute atomic E-state index is 5.36. The number of rotatable bonds is 5. The van der Waals surface area contributed by atoms with Crippen LogP contribution in [0, 0.1) is 12.3 Å². The Kier molecular flexibility index (Phi) is 5.54. The van der Waals surface area contributed by atoms with Gasteiger partial charge in [0.15, 0.2) is 0 Å². The van der Waals surface area contributed by atoms with Crippen LogP contribution >= 0.6 is 15.9 Å². The number of anilines is 1. The van der Waals surface area contributed by atoms with E-state index in [0.717, 1.165) is 11.0 Å². The van der Waals surface area contributed by atoms with Crippen LogP contribution in [0.1, 0.15) is 25.5 Å². The Hall–Kier alpha value is -0.980. The summed E-state index contributed by atoms with van der Waals surface area (Å²) in [5.74, 6) is 2.67. The van der Waals surface area contributed by atoms with Crippen LogP contribution < -0.4 is 10.2 Å². The Labute approximate surface area is 113 Å². The molecule has 17 heavy (non-hydrogen) atoms. The number of nitrogens with zero attached hydrogens (tertiary/aromatic N) is 1. The molecule has 1 atom stereocenters. The minimum Gasteiger partial charge on any atom is -0.363 e. The zero-order valence-electron chi connectivity index (χ0n) is 10.6. The second-order valence-electron chi connectivity index (χ2n) is 4.04. The Morgan fingerprint density at radius 2 is 2.24 bits per heavy atom. The minimum absolute atomic E-state index is 0.313. The summed E-state index contributed by atoms with van der Waals surface area (Å²) >= 11 is 3.52. The predicted molar refractivity (Wildman–Crippen MR) is 78.3 cm³/mol. The van der Waals surface area contributed by atoms with E-state index in [2.05, 4.69) is 58.0 Å². The largest absolute Gasteiger partial charge is 0.363 e. The quantitative estimate of drug-likeness (QED) is 0.839. The second kappa shape index (κ2) is 6.68. The lowest BCUT2D eigenvalue weighted by Gasteiger charge is -2.24. The molecule has 0 saturated carbocycles.